The Balaban J connectivity index is 1.32. The van der Waals surface area contributed by atoms with E-state index in [9.17, 15) is 9.18 Å². The van der Waals surface area contributed by atoms with Crippen molar-refractivity contribution in [3.63, 3.8) is 0 Å². The molecule has 0 aliphatic carbocycles. The molecular weight excluding hydrogens is 389 g/mol. The van der Waals surface area contributed by atoms with Crippen LogP contribution in [0, 0.1) is 5.82 Å². The highest BCUT2D eigenvalue weighted by Crippen LogP contribution is 2.19. The maximum atomic E-state index is 13.1. The van der Waals surface area contributed by atoms with Crippen molar-refractivity contribution in [2.24, 2.45) is 0 Å². The van der Waals surface area contributed by atoms with E-state index < -0.39 is 0 Å². The van der Waals surface area contributed by atoms with Gasteiger partial charge in [0.1, 0.15) is 5.82 Å². The number of nitrogens with one attached hydrogen (secondary N) is 1. The number of amides is 1. The molecule has 3 aromatic carbocycles. The second-order valence-corrected chi connectivity index (χ2v) is 8.05. The average Bonchev–Trinajstić information content (AvgIpc) is 2.81. The molecule has 1 aliphatic heterocycles. The van der Waals surface area contributed by atoms with Crippen molar-refractivity contribution in [1.82, 2.24) is 10.2 Å². The summed E-state index contributed by atoms with van der Waals surface area (Å²) in [5.41, 5.74) is 3.97. The number of carbonyl (C=O) groups excluding carboxylic acids is 1. The van der Waals surface area contributed by atoms with Gasteiger partial charge in [0.15, 0.2) is 0 Å². The maximum Gasteiger partial charge on any atom is 0.251 e. The van der Waals surface area contributed by atoms with Crippen molar-refractivity contribution in [1.29, 1.82) is 0 Å². The normalized spacial score (nSPS) is 15.5. The minimum absolute atomic E-state index is 0.0445. The monoisotopic (exact) mass is 417 g/mol. The Labute approximate surface area is 183 Å². The third-order valence-corrected chi connectivity index (χ3v) is 5.81. The van der Waals surface area contributed by atoms with Gasteiger partial charge in [-0.25, -0.2) is 4.39 Å². The van der Waals surface area contributed by atoms with Gasteiger partial charge >= 0.3 is 0 Å². The van der Waals surface area contributed by atoms with Gasteiger partial charge in [-0.3, -0.25) is 9.69 Å². The molecule has 3 aromatic rings. The summed E-state index contributed by atoms with van der Waals surface area (Å²) in [6.45, 7) is 6.47. The highest BCUT2D eigenvalue weighted by Gasteiger charge is 2.18. The lowest BCUT2D eigenvalue weighted by atomic mass is 10.1. The number of nitrogens with zero attached hydrogens (tertiary/aromatic N) is 2. The van der Waals surface area contributed by atoms with E-state index in [4.69, 9.17) is 0 Å². The molecule has 0 radical (unpaired) electrons. The molecule has 0 spiro atoms. The Morgan fingerprint density at radius 3 is 2.35 bits per heavy atom. The standard InChI is InChI=1S/C26H28FN3O/c1-20(22-7-3-2-4-8-22)28-26(31)23-9-5-6-21(18-23)19-29-14-16-30(17-15-29)25-12-10-24(27)11-13-25/h2-13,18,20H,14-17,19H2,1H3,(H,28,31). The molecule has 31 heavy (non-hydrogen) atoms. The zero-order chi connectivity index (χ0) is 21.6. The van der Waals surface area contributed by atoms with E-state index in [2.05, 4.69) is 21.2 Å². The quantitative estimate of drug-likeness (QED) is 0.635. The predicted octanol–water partition coefficient (Wildman–Crippen LogP) is 4.64. The van der Waals surface area contributed by atoms with Gasteiger partial charge in [0, 0.05) is 44.0 Å². The lowest BCUT2D eigenvalue weighted by molar-refractivity contribution is 0.0939. The first-order valence-corrected chi connectivity index (χ1v) is 10.8. The summed E-state index contributed by atoms with van der Waals surface area (Å²) in [5.74, 6) is -0.260. The Kier molecular flexibility index (Phi) is 6.63. The van der Waals surface area contributed by atoms with Crippen LogP contribution in [0.3, 0.4) is 0 Å². The molecular formula is C26H28FN3O. The third kappa shape index (κ3) is 5.50. The van der Waals surface area contributed by atoms with Crippen molar-refractivity contribution < 1.29 is 9.18 Å². The minimum Gasteiger partial charge on any atom is -0.369 e. The van der Waals surface area contributed by atoms with E-state index in [0.717, 1.165) is 49.5 Å². The number of hydrogen-bond donors (Lipinski definition) is 1. The molecule has 1 atom stereocenters. The highest BCUT2D eigenvalue weighted by atomic mass is 19.1. The van der Waals surface area contributed by atoms with E-state index in [0.29, 0.717) is 5.56 Å². The molecule has 1 aliphatic rings. The van der Waals surface area contributed by atoms with E-state index in [1.165, 1.54) is 12.1 Å². The topological polar surface area (TPSA) is 35.6 Å². The molecule has 5 heteroatoms. The lowest BCUT2D eigenvalue weighted by Crippen LogP contribution is -2.46. The minimum atomic E-state index is -0.204. The zero-order valence-corrected chi connectivity index (χ0v) is 17.8. The van der Waals surface area contributed by atoms with Crippen molar-refractivity contribution in [2.45, 2.75) is 19.5 Å². The SMILES string of the molecule is CC(NC(=O)c1cccc(CN2CCN(c3ccc(F)cc3)CC2)c1)c1ccccc1. The summed E-state index contributed by atoms with van der Waals surface area (Å²) < 4.78 is 13.1. The van der Waals surface area contributed by atoms with Crippen LogP contribution >= 0.6 is 0 Å². The van der Waals surface area contributed by atoms with Crippen molar-refractivity contribution in [3.8, 4) is 0 Å². The van der Waals surface area contributed by atoms with Crippen LogP contribution in [0.4, 0.5) is 10.1 Å². The van der Waals surface area contributed by atoms with Crippen LogP contribution in [0.15, 0.2) is 78.9 Å². The Hall–Kier alpha value is -3.18. The number of halogens is 1. The largest absolute Gasteiger partial charge is 0.369 e. The van der Waals surface area contributed by atoms with Gasteiger partial charge in [-0.2, -0.15) is 0 Å². The molecule has 0 bridgehead atoms. The summed E-state index contributed by atoms with van der Waals surface area (Å²) >= 11 is 0. The molecule has 4 rings (SSSR count). The van der Waals surface area contributed by atoms with Crippen LogP contribution in [0.5, 0.6) is 0 Å². The van der Waals surface area contributed by atoms with E-state index in [-0.39, 0.29) is 17.8 Å². The summed E-state index contributed by atoms with van der Waals surface area (Å²) in [4.78, 5) is 17.4. The number of rotatable bonds is 6. The van der Waals surface area contributed by atoms with Gasteiger partial charge in [0.05, 0.1) is 6.04 Å². The molecule has 160 valence electrons. The van der Waals surface area contributed by atoms with Crippen LogP contribution in [0.1, 0.15) is 34.5 Å². The molecule has 1 unspecified atom stereocenters. The van der Waals surface area contributed by atoms with Gasteiger partial charge in [-0.05, 0) is 54.4 Å². The number of piperazine rings is 1. The summed E-state index contributed by atoms with van der Waals surface area (Å²) in [6.07, 6.45) is 0. The van der Waals surface area contributed by atoms with Crippen LogP contribution in [0.2, 0.25) is 0 Å². The van der Waals surface area contributed by atoms with Crippen LogP contribution < -0.4 is 10.2 Å². The first kappa shape index (κ1) is 21.1. The van der Waals surface area contributed by atoms with Gasteiger partial charge < -0.3 is 10.2 Å². The van der Waals surface area contributed by atoms with Gasteiger partial charge in [-0.1, -0.05) is 42.5 Å². The Morgan fingerprint density at radius 1 is 0.935 bits per heavy atom. The van der Waals surface area contributed by atoms with Gasteiger partial charge in [-0.15, -0.1) is 0 Å². The first-order chi connectivity index (χ1) is 15.1. The average molecular weight is 418 g/mol. The second-order valence-electron chi connectivity index (χ2n) is 8.05. The van der Waals surface area contributed by atoms with Gasteiger partial charge in [0.25, 0.3) is 5.91 Å². The van der Waals surface area contributed by atoms with Crippen molar-refractivity contribution in [2.75, 3.05) is 31.1 Å². The van der Waals surface area contributed by atoms with E-state index in [1.54, 1.807) is 0 Å². The Morgan fingerprint density at radius 2 is 1.65 bits per heavy atom. The summed E-state index contributed by atoms with van der Waals surface area (Å²) in [6, 6.07) is 24.5. The number of hydrogen-bond acceptors (Lipinski definition) is 3. The second kappa shape index (κ2) is 9.75. The van der Waals surface area contributed by atoms with E-state index in [1.807, 2.05) is 67.6 Å². The predicted molar refractivity (Wildman–Crippen MR) is 123 cm³/mol. The highest BCUT2D eigenvalue weighted by molar-refractivity contribution is 5.94. The molecule has 0 saturated carbocycles. The molecule has 1 heterocycles. The fourth-order valence-corrected chi connectivity index (χ4v) is 3.99. The van der Waals surface area contributed by atoms with Crippen LogP contribution in [-0.4, -0.2) is 37.0 Å². The first-order valence-electron chi connectivity index (χ1n) is 10.8. The van der Waals surface area contributed by atoms with Crippen LogP contribution in [-0.2, 0) is 6.54 Å². The fraction of sp³-hybridized carbons (Fsp3) is 0.269. The van der Waals surface area contributed by atoms with Gasteiger partial charge in [0.2, 0.25) is 0 Å². The number of anilines is 1. The maximum absolute atomic E-state index is 13.1. The number of carbonyl (C=O) groups is 1. The summed E-state index contributed by atoms with van der Waals surface area (Å²) in [7, 11) is 0. The lowest BCUT2D eigenvalue weighted by Gasteiger charge is -2.36. The molecule has 1 saturated heterocycles. The summed E-state index contributed by atoms with van der Waals surface area (Å²) in [5, 5.41) is 3.09. The zero-order valence-electron chi connectivity index (χ0n) is 17.8. The number of benzene rings is 3. The third-order valence-electron chi connectivity index (χ3n) is 5.81. The van der Waals surface area contributed by atoms with Crippen molar-refractivity contribution >= 4 is 11.6 Å². The molecule has 0 aromatic heterocycles. The fourth-order valence-electron chi connectivity index (χ4n) is 3.99. The Bertz CT molecular complexity index is 999. The van der Waals surface area contributed by atoms with Crippen molar-refractivity contribution in [3.05, 3.63) is 101 Å². The molecule has 4 nitrogen and oxygen atoms in total. The molecule has 1 amide bonds. The molecule has 1 N–H and O–H groups in total. The molecule has 1 fully saturated rings. The smallest absolute Gasteiger partial charge is 0.251 e. The van der Waals surface area contributed by atoms with Crippen LogP contribution in [0.25, 0.3) is 0 Å². The van der Waals surface area contributed by atoms with E-state index >= 15 is 0 Å².